The number of allylic oxidation sites excluding steroid dienone is 4. The van der Waals surface area contributed by atoms with Crippen molar-refractivity contribution in [2.24, 2.45) is 4.99 Å². The maximum Gasteiger partial charge on any atom is 0.392 e. The lowest BCUT2D eigenvalue weighted by Crippen LogP contribution is -2.44. The van der Waals surface area contributed by atoms with Gasteiger partial charge >= 0.3 is 6.18 Å². The van der Waals surface area contributed by atoms with Crippen LogP contribution in [0.2, 0.25) is 0 Å². The molecule has 1 rings (SSSR count). The second-order valence-corrected chi connectivity index (χ2v) is 5.73. The van der Waals surface area contributed by atoms with Crippen LogP contribution in [0, 0.1) is 0 Å². The van der Waals surface area contributed by atoms with Gasteiger partial charge in [0, 0.05) is 18.8 Å². The first kappa shape index (κ1) is 20.7. The summed E-state index contributed by atoms with van der Waals surface area (Å²) in [5.74, 6) is 0.982. The fourth-order valence-corrected chi connectivity index (χ4v) is 2.31. The molecule has 0 saturated carbocycles. The van der Waals surface area contributed by atoms with Crippen molar-refractivity contribution in [2.75, 3.05) is 40.0 Å². The number of rotatable bonds is 6. The van der Waals surface area contributed by atoms with Gasteiger partial charge in [0.25, 0.3) is 0 Å². The quantitative estimate of drug-likeness (QED) is 0.684. The molecule has 138 valence electrons. The van der Waals surface area contributed by atoms with E-state index in [-0.39, 0.29) is 0 Å². The molecule has 0 aromatic heterocycles. The number of hydrogen-bond acceptors (Lipinski definition) is 3. The van der Waals surface area contributed by atoms with E-state index >= 15 is 0 Å². The Labute approximate surface area is 142 Å². The highest BCUT2D eigenvalue weighted by Gasteiger charge is 2.24. The topological polar surface area (TPSA) is 28.1 Å². The Morgan fingerprint density at radius 1 is 1.29 bits per heavy atom. The van der Waals surface area contributed by atoms with Crippen LogP contribution in [0.4, 0.5) is 13.2 Å². The second kappa shape index (κ2) is 10.5. The molecule has 0 atom stereocenters. The first-order valence-corrected chi connectivity index (χ1v) is 8.35. The van der Waals surface area contributed by atoms with E-state index in [1.54, 1.807) is 6.08 Å². The van der Waals surface area contributed by atoms with Crippen LogP contribution in [0.1, 0.15) is 33.1 Å². The number of hydrogen-bond donors (Lipinski definition) is 0. The third-order valence-electron chi connectivity index (χ3n) is 3.62. The first-order valence-electron chi connectivity index (χ1n) is 8.35. The molecule has 0 spiro atoms. The van der Waals surface area contributed by atoms with Gasteiger partial charge in [0.05, 0.1) is 26.3 Å². The van der Waals surface area contributed by atoms with Crippen LogP contribution >= 0.6 is 0 Å². The van der Waals surface area contributed by atoms with Crippen LogP contribution in [0.5, 0.6) is 0 Å². The van der Waals surface area contributed by atoms with E-state index < -0.39 is 12.6 Å². The van der Waals surface area contributed by atoms with Crippen LogP contribution in [0.25, 0.3) is 0 Å². The van der Waals surface area contributed by atoms with Gasteiger partial charge in [-0.2, -0.15) is 13.2 Å². The molecule has 1 saturated heterocycles. The SMILES string of the molecule is CCC(=C\C/C=C\CC(F)(F)F)/N=C1\CN(C)COCCN1CC. The standard InChI is InChI=1S/C17H28F3N3O/c1-4-15(9-7-6-8-10-17(18,19)20)21-16-13-22(3)14-24-12-11-23(16)5-2/h6,8-9H,4-5,7,10-14H2,1-3H3/b8-6-,15-9+,21-16+. The maximum absolute atomic E-state index is 12.1. The molecule has 0 aliphatic carbocycles. The van der Waals surface area contributed by atoms with E-state index in [1.807, 2.05) is 20.0 Å². The van der Waals surface area contributed by atoms with Crippen LogP contribution < -0.4 is 0 Å². The molecule has 1 aliphatic heterocycles. The lowest BCUT2D eigenvalue weighted by Gasteiger charge is -2.31. The van der Waals surface area contributed by atoms with Crippen molar-refractivity contribution in [3.8, 4) is 0 Å². The van der Waals surface area contributed by atoms with Gasteiger partial charge in [-0.1, -0.05) is 25.2 Å². The molecule has 1 heterocycles. The van der Waals surface area contributed by atoms with Gasteiger partial charge in [-0.3, -0.25) is 4.90 Å². The zero-order valence-electron chi connectivity index (χ0n) is 14.8. The molecule has 0 amide bonds. The summed E-state index contributed by atoms with van der Waals surface area (Å²) in [5.41, 5.74) is 0.898. The predicted molar refractivity (Wildman–Crippen MR) is 90.9 cm³/mol. The smallest absolute Gasteiger partial charge is 0.364 e. The molecule has 0 unspecified atom stereocenters. The minimum Gasteiger partial charge on any atom is -0.364 e. The highest BCUT2D eigenvalue weighted by molar-refractivity contribution is 5.85. The Morgan fingerprint density at radius 2 is 2.04 bits per heavy atom. The van der Waals surface area contributed by atoms with Crippen LogP contribution in [-0.4, -0.2) is 61.8 Å². The van der Waals surface area contributed by atoms with Crippen molar-refractivity contribution in [3.05, 3.63) is 23.9 Å². The molecule has 1 fully saturated rings. The number of ether oxygens (including phenoxy) is 1. The molecule has 1 aliphatic rings. The third-order valence-corrected chi connectivity index (χ3v) is 3.62. The number of nitrogens with zero attached hydrogens (tertiary/aromatic N) is 3. The number of aliphatic imine (C=N–C) groups is 1. The van der Waals surface area contributed by atoms with Crippen LogP contribution in [-0.2, 0) is 4.74 Å². The Balaban J connectivity index is 2.75. The van der Waals surface area contributed by atoms with Gasteiger partial charge in [-0.15, -0.1) is 0 Å². The largest absolute Gasteiger partial charge is 0.392 e. The van der Waals surface area contributed by atoms with Crippen LogP contribution in [0.3, 0.4) is 0 Å². The third kappa shape index (κ3) is 8.49. The second-order valence-electron chi connectivity index (χ2n) is 5.73. The molecule has 0 N–H and O–H groups in total. The van der Waals surface area contributed by atoms with Gasteiger partial charge in [-0.25, -0.2) is 4.99 Å². The van der Waals surface area contributed by atoms with E-state index in [4.69, 9.17) is 9.73 Å². The number of alkyl halides is 3. The van der Waals surface area contributed by atoms with Gasteiger partial charge in [0.15, 0.2) is 0 Å². The van der Waals surface area contributed by atoms with Gasteiger partial charge < -0.3 is 9.64 Å². The Hall–Kier alpha value is -1.34. The van der Waals surface area contributed by atoms with Crippen molar-refractivity contribution in [3.63, 3.8) is 0 Å². The lowest BCUT2D eigenvalue weighted by molar-refractivity contribution is -0.125. The molecule has 0 aromatic carbocycles. The van der Waals surface area contributed by atoms with E-state index in [9.17, 15) is 13.2 Å². The van der Waals surface area contributed by atoms with Crippen LogP contribution in [0.15, 0.2) is 28.9 Å². The molecular formula is C17H28F3N3O. The van der Waals surface area contributed by atoms with E-state index in [2.05, 4.69) is 16.7 Å². The fourth-order valence-electron chi connectivity index (χ4n) is 2.31. The molecule has 7 heteroatoms. The van der Waals surface area contributed by atoms with Gasteiger partial charge in [0.1, 0.15) is 5.84 Å². The molecule has 0 radical (unpaired) electrons. The predicted octanol–water partition coefficient (Wildman–Crippen LogP) is 3.82. The highest BCUT2D eigenvalue weighted by atomic mass is 19.4. The normalized spacial score (nSPS) is 20.7. The molecular weight excluding hydrogens is 319 g/mol. The zero-order valence-corrected chi connectivity index (χ0v) is 14.8. The summed E-state index contributed by atoms with van der Waals surface area (Å²) >= 11 is 0. The average Bonchev–Trinajstić information content (AvgIpc) is 2.49. The molecule has 0 aromatic rings. The summed E-state index contributed by atoms with van der Waals surface area (Å²) in [6.07, 6.45) is 0.778. The summed E-state index contributed by atoms with van der Waals surface area (Å²) in [6.45, 7) is 7.64. The summed E-state index contributed by atoms with van der Waals surface area (Å²) in [4.78, 5) is 8.99. The molecule has 24 heavy (non-hydrogen) atoms. The zero-order chi connectivity index (χ0) is 18.0. The van der Waals surface area contributed by atoms with Gasteiger partial charge in [-0.05, 0) is 26.8 Å². The minimum absolute atomic E-state index is 0.459. The number of amidine groups is 1. The highest BCUT2D eigenvalue weighted by Crippen LogP contribution is 2.19. The first-order chi connectivity index (χ1) is 11.4. The Bertz CT molecular complexity index is 458. The Kier molecular flexibility index (Phi) is 9.07. The number of halogens is 3. The van der Waals surface area contributed by atoms with Crippen molar-refractivity contribution in [1.29, 1.82) is 0 Å². The summed E-state index contributed by atoms with van der Waals surface area (Å²) in [6, 6.07) is 0. The summed E-state index contributed by atoms with van der Waals surface area (Å²) in [5, 5.41) is 0. The minimum atomic E-state index is -4.14. The van der Waals surface area contributed by atoms with Crippen molar-refractivity contribution >= 4 is 5.84 Å². The van der Waals surface area contributed by atoms with Gasteiger partial charge in [0.2, 0.25) is 0 Å². The lowest BCUT2D eigenvalue weighted by atomic mass is 10.2. The molecule has 4 nitrogen and oxygen atoms in total. The Morgan fingerprint density at radius 3 is 2.67 bits per heavy atom. The summed E-state index contributed by atoms with van der Waals surface area (Å²) < 4.78 is 41.8. The molecule has 0 bridgehead atoms. The monoisotopic (exact) mass is 347 g/mol. The van der Waals surface area contributed by atoms with Crippen molar-refractivity contribution in [1.82, 2.24) is 9.80 Å². The van der Waals surface area contributed by atoms with Crippen molar-refractivity contribution < 1.29 is 17.9 Å². The van der Waals surface area contributed by atoms with E-state index in [0.717, 1.165) is 37.1 Å². The van der Waals surface area contributed by atoms with E-state index in [0.29, 0.717) is 26.3 Å². The fraction of sp³-hybridized carbons (Fsp3) is 0.706. The van der Waals surface area contributed by atoms with Crippen molar-refractivity contribution in [2.45, 2.75) is 39.3 Å². The number of likely N-dealkylation sites (N-methyl/N-ethyl adjacent to an activating group) is 2. The van der Waals surface area contributed by atoms with E-state index in [1.165, 1.54) is 0 Å². The summed E-state index contributed by atoms with van der Waals surface area (Å²) in [7, 11) is 1.98. The average molecular weight is 347 g/mol. The maximum atomic E-state index is 12.1.